The van der Waals surface area contributed by atoms with Gasteiger partial charge in [0.05, 0.1) is 6.54 Å². The number of amides is 2. The van der Waals surface area contributed by atoms with E-state index in [0.717, 1.165) is 37.1 Å². The Morgan fingerprint density at radius 2 is 1.61 bits per heavy atom. The fraction of sp³-hybridized carbons (Fsp3) is 0.568. The van der Waals surface area contributed by atoms with Crippen molar-refractivity contribution < 1.29 is 18.7 Å². The number of rotatable bonds is 15. The minimum atomic E-state index is -0.171. The van der Waals surface area contributed by atoms with Crippen LogP contribution in [-0.4, -0.2) is 44.1 Å². The smallest absolute Gasteiger partial charge is 0.239 e. The van der Waals surface area contributed by atoms with Gasteiger partial charge in [-0.25, -0.2) is 4.39 Å². The van der Waals surface area contributed by atoms with E-state index in [1.807, 2.05) is 20.8 Å². The van der Waals surface area contributed by atoms with Crippen molar-refractivity contribution in [3.8, 4) is 5.75 Å². The summed E-state index contributed by atoms with van der Waals surface area (Å²) in [5, 5.41) is 9.17. The molecule has 0 aliphatic heterocycles. The van der Waals surface area contributed by atoms with Gasteiger partial charge in [-0.3, -0.25) is 9.59 Å². The molecule has 2 aromatic carbocycles. The van der Waals surface area contributed by atoms with E-state index in [2.05, 4.69) is 54.6 Å². The Morgan fingerprint density at radius 1 is 0.955 bits per heavy atom. The highest BCUT2D eigenvalue weighted by molar-refractivity contribution is 5.84. The second kappa shape index (κ2) is 23.2. The molecular formula is C37H58FN3O3. The molecule has 44 heavy (non-hydrogen) atoms. The zero-order valence-corrected chi connectivity index (χ0v) is 28.2. The maximum Gasteiger partial charge on any atom is 0.239 e. The topological polar surface area (TPSA) is 79.5 Å². The molecule has 0 saturated heterocycles. The standard InChI is InChI=1S/C28H45N3O3.C7H7F.C2H6/c1-5-22-14-10-15-24(16-11-17-29-26(33)20-31-25(32)6-2)28(22)34-19-18-30-27(21(3)4)23-12-8-7-9-13-23;1-6-2-4-7(8)5-3-6;1-2/h10,14-15,23,27,30H,3,5-9,11-13,16-20H2,1-2,4H3,(H,29,33)(H,31,32);2-5H,1H3;1-2H3. The first-order valence-electron chi connectivity index (χ1n) is 16.6. The number of halogens is 1. The normalized spacial score (nSPS) is 13.3. The Labute approximate surface area is 266 Å². The molecule has 2 aromatic rings. The van der Waals surface area contributed by atoms with Gasteiger partial charge >= 0.3 is 0 Å². The van der Waals surface area contributed by atoms with E-state index in [1.54, 1.807) is 19.1 Å². The molecule has 3 rings (SSSR count). The molecule has 2 amide bonds. The molecule has 0 bridgehead atoms. The van der Waals surface area contributed by atoms with Crippen LogP contribution < -0.4 is 20.7 Å². The minimum Gasteiger partial charge on any atom is -0.492 e. The third-order valence-electron chi connectivity index (χ3n) is 7.65. The number of aryl methyl sites for hydroxylation is 3. The molecule has 246 valence electrons. The van der Waals surface area contributed by atoms with Crippen LogP contribution in [0.3, 0.4) is 0 Å². The first-order valence-corrected chi connectivity index (χ1v) is 16.6. The van der Waals surface area contributed by atoms with Crippen LogP contribution in [0.15, 0.2) is 54.6 Å². The highest BCUT2D eigenvalue weighted by Crippen LogP contribution is 2.29. The lowest BCUT2D eigenvalue weighted by Crippen LogP contribution is -2.40. The summed E-state index contributed by atoms with van der Waals surface area (Å²) < 4.78 is 18.4. The lowest BCUT2D eigenvalue weighted by molar-refractivity contribution is -0.125. The molecular weight excluding hydrogens is 553 g/mol. The van der Waals surface area contributed by atoms with Gasteiger partial charge in [0.2, 0.25) is 11.8 Å². The number of carbonyl (C=O) groups excluding carboxylic acids is 2. The molecule has 0 heterocycles. The van der Waals surface area contributed by atoms with Gasteiger partial charge in [0.25, 0.3) is 0 Å². The third kappa shape index (κ3) is 15.5. The van der Waals surface area contributed by atoms with E-state index in [4.69, 9.17) is 4.74 Å². The van der Waals surface area contributed by atoms with Crippen LogP contribution in [0.1, 0.15) is 96.3 Å². The molecule has 1 atom stereocenters. The Kier molecular flexibility index (Phi) is 20.5. The van der Waals surface area contributed by atoms with Crippen molar-refractivity contribution >= 4 is 11.8 Å². The summed E-state index contributed by atoms with van der Waals surface area (Å²) in [4.78, 5) is 23.1. The quantitative estimate of drug-likeness (QED) is 0.144. The summed E-state index contributed by atoms with van der Waals surface area (Å²) in [5.41, 5.74) is 4.70. The molecule has 3 N–H and O–H groups in total. The second-order valence-corrected chi connectivity index (χ2v) is 11.2. The lowest BCUT2D eigenvalue weighted by Gasteiger charge is -2.31. The second-order valence-electron chi connectivity index (χ2n) is 11.2. The van der Waals surface area contributed by atoms with Crippen molar-refractivity contribution in [2.75, 3.05) is 26.2 Å². The summed E-state index contributed by atoms with van der Waals surface area (Å²) in [5.74, 6) is 1.23. The van der Waals surface area contributed by atoms with Crippen LogP contribution in [-0.2, 0) is 22.4 Å². The van der Waals surface area contributed by atoms with E-state index in [0.29, 0.717) is 31.5 Å². The maximum absolute atomic E-state index is 12.1. The monoisotopic (exact) mass is 611 g/mol. The molecule has 1 aliphatic carbocycles. The van der Waals surface area contributed by atoms with Crippen LogP contribution in [0.2, 0.25) is 0 Å². The predicted octanol–water partition coefficient (Wildman–Crippen LogP) is 7.48. The van der Waals surface area contributed by atoms with Gasteiger partial charge in [-0.1, -0.05) is 95.0 Å². The molecule has 6 nitrogen and oxygen atoms in total. The Balaban J connectivity index is 0.000000824. The fourth-order valence-electron chi connectivity index (χ4n) is 5.28. The van der Waals surface area contributed by atoms with E-state index in [9.17, 15) is 14.0 Å². The zero-order chi connectivity index (χ0) is 32.7. The van der Waals surface area contributed by atoms with Crippen molar-refractivity contribution in [3.05, 3.63) is 77.1 Å². The lowest BCUT2D eigenvalue weighted by atomic mass is 9.81. The average Bonchev–Trinajstić information content (AvgIpc) is 3.05. The highest BCUT2D eigenvalue weighted by Gasteiger charge is 2.23. The number of hydrogen-bond donors (Lipinski definition) is 3. The molecule has 0 spiro atoms. The van der Waals surface area contributed by atoms with Crippen molar-refractivity contribution in [1.82, 2.24) is 16.0 Å². The number of para-hydroxylation sites is 1. The molecule has 7 heteroatoms. The van der Waals surface area contributed by atoms with E-state index in [-0.39, 0.29) is 24.2 Å². The zero-order valence-electron chi connectivity index (χ0n) is 28.2. The highest BCUT2D eigenvalue weighted by atomic mass is 19.1. The van der Waals surface area contributed by atoms with E-state index < -0.39 is 0 Å². The molecule has 0 radical (unpaired) electrons. The van der Waals surface area contributed by atoms with Crippen molar-refractivity contribution in [1.29, 1.82) is 0 Å². The Hall–Kier alpha value is -3.19. The maximum atomic E-state index is 12.1. The molecule has 1 fully saturated rings. The summed E-state index contributed by atoms with van der Waals surface area (Å²) in [6, 6.07) is 13.1. The van der Waals surface area contributed by atoms with Gasteiger partial charge < -0.3 is 20.7 Å². The fourth-order valence-corrected chi connectivity index (χ4v) is 5.28. The summed E-state index contributed by atoms with van der Waals surface area (Å²) in [6.45, 7) is 18.2. The van der Waals surface area contributed by atoms with Crippen molar-refractivity contribution in [2.45, 2.75) is 105 Å². The number of benzene rings is 2. The predicted molar refractivity (Wildman–Crippen MR) is 182 cm³/mol. The molecule has 1 unspecified atom stereocenters. The number of nitrogens with one attached hydrogen (secondary N) is 3. The van der Waals surface area contributed by atoms with Gasteiger partial charge in [-0.2, -0.15) is 0 Å². The summed E-state index contributed by atoms with van der Waals surface area (Å²) in [6.07, 6.45) is 9.53. The van der Waals surface area contributed by atoms with Gasteiger partial charge in [0, 0.05) is 25.6 Å². The van der Waals surface area contributed by atoms with Crippen LogP contribution >= 0.6 is 0 Å². The average molecular weight is 612 g/mol. The largest absolute Gasteiger partial charge is 0.492 e. The Bertz CT molecular complexity index is 1080. The van der Waals surface area contributed by atoms with Crippen LogP contribution in [0, 0.1) is 18.7 Å². The SMILES string of the molecule is C=C(C)C(NCCOc1c(CC)cccc1CCCNC(=O)CNC(=O)CC)C1CCCCC1.CC.Cc1ccc(F)cc1. The van der Waals surface area contributed by atoms with Crippen LogP contribution in [0.5, 0.6) is 5.75 Å². The number of carbonyl (C=O) groups is 2. The van der Waals surface area contributed by atoms with E-state index in [1.165, 1.54) is 60.9 Å². The molecule has 1 aliphatic rings. The van der Waals surface area contributed by atoms with Crippen LogP contribution in [0.25, 0.3) is 0 Å². The first-order chi connectivity index (χ1) is 21.2. The van der Waals surface area contributed by atoms with Gasteiger partial charge in [0.15, 0.2) is 0 Å². The summed E-state index contributed by atoms with van der Waals surface area (Å²) >= 11 is 0. The summed E-state index contributed by atoms with van der Waals surface area (Å²) in [7, 11) is 0. The van der Waals surface area contributed by atoms with Gasteiger partial charge in [-0.05, 0) is 75.1 Å². The van der Waals surface area contributed by atoms with Gasteiger partial charge in [-0.15, -0.1) is 0 Å². The minimum absolute atomic E-state index is 0.0331. The van der Waals surface area contributed by atoms with Crippen molar-refractivity contribution in [3.63, 3.8) is 0 Å². The van der Waals surface area contributed by atoms with E-state index >= 15 is 0 Å². The number of hydrogen-bond acceptors (Lipinski definition) is 4. The first kappa shape index (κ1) is 38.8. The molecule has 1 saturated carbocycles. The van der Waals surface area contributed by atoms with Crippen LogP contribution in [0.4, 0.5) is 4.39 Å². The van der Waals surface area contributed by atoms with Crippen molar-refractivity contribution in [2.24, 2.45) is 5.92 Å². The molecule has 0 aromatic heterocycles. The number of ether oxygens (including phenoxy) is 1. The van der Waals surface area contributed by atoms with Gasteiger partial charge in [0.1, 0.15) is 18.2 Å². The third-order valence-corrected chi connectivity index (χ3v) is 7.65. The Morgan fingerprint density at radius 3 is 2.20 bits per heavy atom.